The van der Waals surface area contributed by atoms with Gasteiger partial charge in [0.1, 0.15) is 11.4 Å². The number of rotatable bonds is 3. The van der Waals surface area contributed by atoms with Gasteiger partial charge in [-0.1, -0.05) is 18.2 Å². The molecule has 29 heavy (non-hydrogen) atoms. The molecule has 156 valence electrons. The van der Waals surface area contributed by atoms with Crippen LogP contribution in [0.2, 0.25) is 0 Å². The molecule has 1 aliphatic heterocycles. The fourth-order valence-electron chi connectivity index (χ4n) is 3.24. The molecule has 0 aliphatic carbocycles. The van der Waals surface area contributed by atoms with Crippen LogP contribution in [-0.2, 0) is 16.0 Å². The van der Waals surface area contributed by atoms with E-state index in [4.69, 9.17) is 9.15 Å². The molecule has 1 fully saturated rings. The molecule has 0 radical (unpaired) electrons. The van der Waals surface area contributed by atoms with Gasteiger partial charge in [0.25, 0.3) is 0 Å². The Morgan fingerprint density at radius 3 is 2.31 bits per heavy atom. The van der Waals surface area contributed by atoms with Crippen molar-refractivity contribution in [3.05, 3.63) is 41.3 Å². The lowest BCUT2D eigenvalue weighted by molar-refractivity contribution is -0.132. The highest BCUT2D eigenvalue weighted by atomic mass is 16.6. The third kappa shape index (κ3) is 5.16. The van der Waals surface area contributed by atoms with Gasteiger partial charge in [0.2, 0.25) is 11.8 Å². The van der Waals surface area contributed by atoms with Crippen molar-refractivity contribution >= 4 is 12.0 Å². The average molecular weight is 399 g/mol. The molecule has 0 bridgehead atoms. The molecule has 0 atom stereocenters. The summed E-state index contributed by atoms with van der Waals surface area (Å²) < 4.78 is 11.2. The third-order valence-corrected chi connectivity index (χ3v) is 4.87. The van der Waals surface area contributed by atoms with Crippen LogP contribution in [0.1, 0.15) is 37.8 Å². The largest absolute Gasteiger partial charge is 0.444 e. The molecule has 1 aliphatic rings. The van der Waals surface area contributed by atoms with Crippen molar-refractivity contribution in [1.29, 1.82) is 0 Å². The number of carbonyl (C=O) groups is 2. The summed E-state index contributed by atoms with van der Waals surface area (Å²) in [7, 11) is 0. The number of hydrogen-bond acceptors (Lipinski definition) is 5. The maximum absolute atomic E-state index is 12.7. The first kappa shape index (κ1) is 20.9. The number of carbonyl (C=O) groups excluding carboxylic acids is 2. The van der Waals surface area contributed by atoms with Crippen LogP contribution >= 0.6 is 0 Å². The van der Waals surface area contributed by atoms with E-state index >= 15 is 0 Å². The van der Waals surface area contributed by atoms with Crippen LogP contribution in [0.5, 0.6) is 0 Å². The minimum absolute atomic E-state index is 0.0124. The summed E-state index contributed by atoms with van der Waals surface area (Å²) in [5.41, 5.74) is 2.14. The Morgan fingerprint density at radius 2 is 1.69 bits per heavy atom. The van der Waals surface area contributed by atoms with E-state index in [0.29, 0.717) is 43.5 Å². The van der Waals surface area contributed by atoms with Crippen molar-refractivity contribution < 1.29 is 18.7 Å². The minimum Gasteiger partial charge on any atom is -0.444 e. The number of ether oxygens (including phenoxy) is 1. The molecule has 0 saturated carbocycles. The van der Waals surface area contributed by atoms with Gasteiger partial charge in [-0.15, -0.1) is 0 Å². The summed E-state index contributed by atoms with van der Waals surface area (Å²) in [4.78, 5) is 32.9. The molecular formula is C22H29N3O4. The van der Waals surface area contributed by atoms with Gasteiger partial charge in [0.05, 0.1) is 12.1 Å². The normalized spacial score (nSPS) is 14.8. The van der Waals surface area contributed by atoms with E-state index in [-0.39, 0.29) is 18.4 Å². The van der Waals surface area contributed by atoms with Crippen molar-refractivity contribution in [2.75, 3.05) is 26.2 Å². The molecule has 1 aromatic carbocycles. The Labute approximate surface area is 171 Å². The lowest BCUT2D eigenvalue weighted by atomic mass is 10.1. The lowest BCUT2D eigenvalue weighted by Crippen LogP contribution is -2.52. The molecule has 7 heteroatoms. The Kier molecular flexibility index (Phi) is 5.96. The maximum Gasteiger partial charge on any atom is 0.410 e. The van der Waals surface area contributed by atoms with Gasteiger partial charge in [-0.3, -0.25) is 4.79 Å². The number of nitrogens with zero attached hydrogens (tertiary/aromatic N) is 3. The zero-order valence-electron chi connectivity index (χ0n) is 17.8. The average Bonchev–Trinajstić information content (AvgIpc) is 3.01. The highest BCUT2D eigenvalue weighted by molar-refractivity contribution is 5.79. The summed E-state index contributed by atoms with van der Waals surface area (Å²) in [6.45, 7) is 11.3. The Morgan fingerprint density at radius 1 is 1.07 bits per heavy atom. The standard InChI is InChI=1S/C22H29N3O4/c1-15-8-6-7-9-17(15)20-23-18(16(2)28-20)14-19(26)24-10-12-25(13-11-24)21(27)29-22(3,4)5/h6-9H,10-14H2,1-5H3. The highest BCUT2D eigenvalue weighted by Crippen LogP contribution is 2.25. The molecule has 1 saturated heterocycles. The second-order valence-electron chi connectivity index (χ2n) is 8.36. The van der Waals surface area contributed by atoms with Gasteiger partial charge in [-0.05, 0) is 46.2 Å². The van der Waals surface area contributed by atoms with Crippen molar-refractivity contribution in [2.24, 2.45) is 0 Å². The van der Waals surface area contributed by atoms with E-state index in [1.54, 1.807) is 9.80 Å². The van der Waals surface area contributed by atoms with Crippen molar-refractivity contribution in [2.45, 2.75) is 46.6 Å². The summed E-state index contributed by atoms with van der Waals surface area (Å²) in [6, 6.07) is 7.87. The van der Waals surface area contributed by atoms with Gasteiger partial charge in [-0.25, -0.2) is 9.78 Å². The van der Waals surface area contributed by atoms with Crippen LogP contribution < -0.4 is 0 Å². The Bertz CT molecular complexity index is 890. The van der Waals surface area contributed by atoms with Crippen LogP contribution in [0.3, 0.4) is 0 Å². The molecule has 0 spiro atoms. The molecule has 1 aromatic heterocycles. The van der Waals surface area contributed by atoms with E-state index in [1.165, 1.54) is 0 Å². The molecule has 3 rings (SSSR count). The van der Waals surface area contributed by atoms with Crippen LogP contribution in [0.4, 0.5) is 4.79 Å². The fraction of sp³-hybridized carbons (Fsp3) is 0.500. The zero-order valence-corrected chi connectivity index (χ0v) is 17.8. The van der Waals surface area contributed by atoms with Crippen LogP contribution in [-0.4, -0.2) is 58.6 Å². The highest BCUT2D eigenvalue weighted by Gasteiger charge is 2.28. The number of aromatic nitrogens is 1. The van der Waals surface area contributed by atoms with Crippen molar-refractivity contribution in [3.8, 4) is 11.5 Å². The molecule has 2 amide bonds. The first-order valence-corrected chi connectivity index (χ1v) is 9.92. The summed E-state index contributed by atoms with van der Waals surface area (Å²) in [5, 5.41) is 0. The van der Waals surface area contributed by atoms with E-state index in [1.807, 2.05) is 58.9 Å². The number of aryl methyl sites for hydroxylation is 2. The number of benzene rings is 1. The molecule has 0 N–H and O–H groups in total. The van der Waals surface area contributed by atoms with Gasteiger partial charge >= 0.3 is 6.09 Å². The first-order chi connectivity index (χ1) is 13.6. The van der Waals surface area contributed by atoms with Crippen LogP contribution in [0, 0.1) is 13.8 Å². The molecular weight excluding hydrogens is 370 g/mol. The Hall–Kier alpha value is -2.83. The van der Waals surface area contributed by atoms with E-state index in [9.17, 15) is 9.59 Å². The summed E-state index contributed by atoms with van der Waals surface area (Å²) in [5.74, 6) is 1.18. The van der Waals surface area contributed by atoms with Crippen molar-refractivity contribution in [3.63, 3.8) is 0 Å². The quantitative estimate of drug-likeness (QED) is 0.789. The SMILES string of the molecule is Cc1ccccc1-c1nc(CC(=O)N2CCN(C(=O)OC(C)(C)C)CC2)c(C)o1. The van der Waals surface area contributed by atoms with Crippen LogP contribution in [0.15, 0.2) is 28.7 Å². The molecule has 2 aromatic rings. The predicted octanol–water partition coefficient (Wildman–Crippen LogP) is 3.58. The maximum atomic E-state index is 12.7. The monoisotopic (exact) mass is 399 g/mol. The molecule has 7 nitrogen and oxygen atoms in total. The number of oxazole rings is 1. The Balaban J connectivity index is 1.59. The lowest BCUT2D eigenvalue weighted by Gasteiger charge is -2.35. The molecule has 0 unspecified atom stereocenters. The third-order valence-electron chi connectivity index (χ3n) is 4.87. The van der Waals surface area contributed by atoms with Gasteiger partial charge in [0.15, 0.2) is 0 Å². The topological polar surface area (TPSA) is 75.9 Å². The van der Waals surface area contributed by atoms with E-state index < -0.39 is 5.60 Å². The fourth-order valence-corrected chi connectivity index (χ4v) is 3.24. The van der Waals surface area contributed by atoms with Crippen molar-refractivity contribution in [1.82, 2.24) is 14.8 Å². The van der Waals surface area contributed by atoms with E-state index in [0.717, 1.165) is 11.1 Å². The first-order valence-electron chi connectivity index (χ1n) is 9.92. The molecule has 2 heterocycles. The summed E-state index contributed by atoms with van der Waals surface area (Å²) >= 11 is 0. The second-order valence-corrected chi connectivity index (χ2v) is 8.36. The van der Waals surface area contributed by atoms with Gasteiger partial charge in [-0.2, -0.15) is 0 Å². The number of hydrogen-bond donors (Lipinski definition) is 0. The number of amides is 2. The number of piperazine rings is 1. The second kappa shape index (κ2) is 8.27. The minimum atomic E-state index is -0.524. The zero-order chi connectivity index (χ0) is 21.2. The van der Waals surface area contributed by atoms with E-state index in [2.05, 4.69) is 4.98 Å². The summed E-state index contributed by atoms with van der Waals surface area (Å²) in [6.07, 6.45) is -0.145. The van der Waals surface area contributed by atoms with Gasteiger partial charge < -0.3 is 19.0 Å². The smallest absolute Gasteiger partial charge is 0.410 e. The predicted molar refractivity (Wildman–Crippen MR) is 110 cm³/mol. The van der Waals surface area contributed by atoms with Crippen LogP contribution in [0.25, 0.3) is 11.5 Å². The van der Waals surface area contributed by atoms with Gasteiger partial charge in [0, 0.05) is 31.7 Å².